The first-order valence-electron chi connectivity index (χ1n) is 8.44. The summed E-state index contributed by atoms with van der Waals surface area (Å²) in [4.78, 5) is 2.37. The maximum absolute atomic E-state index is 6.36. The van der Waals surface area contributed by atoms with Crippen molar-refractivity contribution >= 4 is 0 Å². The molecule has 0 aromatic rings. The van der Waals surface area contributed by atoms with Gasteiger partial charge in [0.15, 0.2) is 0 Å². The van der Waals surface area contributed by atoms with Crippen LogP contribution in [0.5, 0.6) is 0 Å². The molecular weight excluding hydrogens is 264 g/mol. The highest BCUT2D eigenvalue weighted by Crippen LogP contribution is 2.42. The third-order valence-corrected chi connectivity index (χ3v) is 4.51. The van der Waals surface area contributed by atoms with Gasteiger partial charge in [-0.1, -0.05) is 6.92 Å². The van der Waals surface area contributed by atoms with E-state index in [4.69, 9.17) is 9.47 Å². The van der Waals surface area contributed by atoms with Crippen molar-refractivity contribution in [2.75, 3.05) is 39.9 Å². The van der Waals surface area contributed by atoms with Crippen molar-refractivity contribution in [2.45, 2.75) is 65.2 Å². The zero-order chi connectivity index (χ0) is 16.1. The molecule has 0 aliphatic carbocycles. The molecule has 0 aromatic heterocycles. The Kier molecular flexibility index (Phi) is 7.11. The van der Waals surface area contributed by atoms with E-state index in [2.05, 4.69) is 51.9 Å². The highest BCUT2D eigenvalue weighted by Gasteiger charge is 2.53. The first kappa shape index (κ1) is 18.9. The van der Waals surface area contributed by atoms with Crippen molar-refractivity contribution in [1.82, 2.24) is 10.2 Å². The van der Waals surface area contributed by atoms with Crippen molar-refractivity contribution in [3.8, 4) is 0 Å². The minimum atomic E-state index is -0.121. The number of hydrogen-bond acceptors (Lipinski definition) is 4. The summed E-state index contributed by atoms with van der Waals surface area (Å²) in [6, 6.07) is 0.391. The van der Waals surface area contributed by atoms with Crippen LogP contribution in [0, 0.1) is 5.92 Å². The van der Waals surface area contributed by atoms with Crippen molar-refractivity contribution < 1.29 is 9.47 Å². The first-order chi connectivity index (χ1) is 9.74. The van der Waals surface area contributed by atoms with Crippen LogP contribution in [-0.2, 0) is 9.47 Å². The lowest BCUT2D eigenvalue weighted by molar-refractivity contribution is -0.0794. The second-order valence-corrected chi connectivity index (χ2v) is 7.31. The Balaban J connectivity index is 2.69. The smallest absolute Gasteiger partial charge is 0.0790 e. The Labute approximate surface area is 131 Å². The van der Waals surface area contributed by atoms with Crippen molar-refractivity contribution in [3.63, 3.8) is 0 Å². The summed E-state index contributed by atoms with van der Waals surface area (Å²) in [6.45, 7) is 17.8. The topological polar surface area (TPSA) is 33.7 Å². The zero-order valence-electron chi connectivity index (χ0n) is 15.2. The molecule has 1 saturated heterocycles. The number of rotatable bonds is 9. The molecule has 0 aromatic carbocycles. The molecule has 0 spiro atoms. The Morgan fingerprint density at radius 1 is 1.14 bits per heavy atom. The van der Waals surface area contributed by atoms with Gasteiger partial charge in [0.05, 0.1) is 17.8 Å². The Bertz CT molecular complexity index is 305. The normalized spacial score (nSPS) is 27.4. The van der Waals surface area contributed by atoms with Gasteiger partial charge in [-0.15, -0.1) is 0 Å². The Morgan fingerprint density at radius 2 is 1.81 bits per heavy atom. The highest BCUT2D eigenvalue weighted by molar-refractivity contribution is 5.06. The molecule has 21 heavy (non-hydrogen) atoms. The van der Waals surface area contributed by atoms with Gasteiger partial charge in [-0.05, 0) is 54.6 Å². The molecule has 1 fully saturated rings. The molecule has 0 saturated carbocycles. The minimum absolute atomic E-state index is 0.102. The lowest BCUT2D eigenvalue weighted by Gasteiger charge is -2.33. The van der Waals surface area contributed by atoms with Crippen LogP contribution in [0.25, 0.3) is 0 Å². The lowest BCUT2D eigenvalue weighted by Crippen LogP contribution is -2.51. The number of likely N-dealkylation sites (N-methyl/N-ethyl adjacent to an activating group) is 1. The monoisotopic (exact) mass is 300 g/mol. The molecule has 2 atom stereocenters. The van der Waals surface area contributed by atoms with Crippen molar-refractivity contribution in [3.05, 3.63) is 0 Å². The van der Waals surface area contributed by atoms with Gasteiger partial charge in [0.25, 0.3) is 0 Å². The molecule has 1 N–H and O–H groups in total. The molecule has 1 rings (SSSR count). The van der Waals surface area contributed by atoms with Crippen LogP contribution in [0.15, 0.2) is 0 Å². The van der Waals surface area contributed by atoms with Crippen LogP contribution >= 0.6 is 0 Å². The second-order valence-electron chi connectivity index (χ2n) is 7.31. The molecule has 0 bridgehead atoms. The molecular formula is C17H36N2O2. The molecule has 0 amide bonds. The highest BCUT2D eigenvalue weighted by atomic mass is 16.5. The van der Waals surface area contributed by atoms with Crippen LogP contribution in [0.3, 0.4) is 0 Å². The van der Waals surface area contributed by atoms with E-state index in [-0.39, 0.29) is 11.2 Å². The van der Waals surface area contributed by atoms with Crippen LogP contribution in [0.4, 0.5) is 0 Å². The number of nitrogens with one attached hydrogen (secondary N) is 1. The molecule has 126 valence electrons. The standard InChI is InChI=1S/C17H36N2O2/c1-8-10-18-15-14(13-19(7)11-12-20-9-2)16(3,4)21-17(15,5)6/h14-15,18H,8-13H2,1-7H3. The molecule has 1 aliphatic heterocycles. The Hall–Kier alpha value is -0.160. The van der Waals surface area contributed by atoms with Gasteiger partial charge < -0.3 is 19.7 Å². The fourth-order valence-corrected chi connectivity index (χ4v) is 3.51. The largest absolute Gasteiger partial charge is 0.380 e. The van der Waals surface area contributed by atoms with Gasteiger partial charge >= 0.3 is 0 Å². The average Bonchev–Trinajstić information content (AvgIpc) is 2.53. The van der Waals surface area contributed by atoms with E-state index in [1.165, 1.54) is 0 Å². The summed E-state index contributed by atoms with van der Waals surface area (Å²) < 4.78 is 11.8. The minimum Gasteiger partial charge on any atom is -0.380 e. The predicted octanol–water partition coefficient (Wildman–Crippen LogP) is 2.53. The molecule has 1 aliphatic rings. The summed E-state index contributed by atoms with van der Waals surface area (Å²) in [6.07, 6.45) is 1.15. The zero-order valence-corrected chi connectivity index (χ0v) is 15.2. The summed E-state index contributed by atoms with van der Waals surface area (Å²) >= 11 is 0. The summed E-state index contributed by atoms with van der Waals surface area (Å²) in [5.74, 6) is 0.477. The third-order valence-electron chi connectivity index (χ3n) is 4.51. The maximum Gasteiger partial charge on any atom is 0.0790 e. The van der Waals surface area contributed by atoms with Crippen LogP contribution in [-0.4, -0.2) is 62.0 Å². The van der Waals surface area contributed by atoms with Crippen LogP contribution in [0.1, 0.15) is 48.0 Å². The fourth-order valence-electron chi connectivity index (χ4n) is 3.51. The average molecular weight is 300 g/mol. The number of nitrogens with zero attached hydrogens (tertiary/aromatic N) is 1. The predicted molar refractivity (Wildman–Crippen MR) is 88.8 cm³/mol. The fraction of sp³-hybridized carbons (Fsp3) is 1.00. The van der Waals surface area contributed by atoms with Crippen LogP contribution < -0.4 is 5.32 Å². The van der Waals surface area contributed by atoms with Gasteiger partial charge in [0, 0.05) is 31.7 Å². The van der Waals surface area contributed by atoms with E-state index in [1.807, 2.05) is 6.92 Å². The van der Waals surface area contributed by atoms with Crippen molar-refractivity contribution in [2.24, 2.45) is 5.92 Å². The lowest BCUT2D eigenvalue weighted by atomic mass is 9.82. The summed E-state index contributed by atoms with van der Waals surface area (Å²) in [5, 5.41) is 3.72. The van der Waals surface area contributed by atoms with Gasteiger partial charge in [-0.25, -0.2) is 0 Å². The van der Waals surface area contributed by atoms with Gasteiger partial charge in [-0.2, -0.15) is 0 Å². The quantitative estimate of drug-likeness (QED) is 0.664. The molecule has 2 unspecified atom stereocenters. The Morgan fingerprint density at radius 3 is 2.38 bits per heavy atom. The third kappa shape index (κ3) is 5.20. The first-order valence-corrected chi connectivity index (χ1v) is 8.44. The SMILES string of the molecule is CCCNC1C(CN(C)CCOCC)C(C)(C)OC1(C)C. The van der Waals surface area contributed by atoms with Gasteiger partial charge in [-0.3, -0.25) is 0 Å². The van der Waals surface area contributed by atoms with Gasteiger partial charge in [0.2, 0.25) is 0 Å². The van der Waals surface area contributed by atoms with Crippen molar-refractivity contribution in [1.29, 1.82) is 0 Å². The number of ether oxygens (including phenoxy) is 2. The second kappa shape index (κ2) is 7.91. The van der Waals surface area contributed by atoms with E-state index in [0.29, 0.717) is 12.0 Å². The molecule has 1 heterocycles. The van der Waals surface area contributed by atoms with E-state index in [1.54, 1.807) is 0 Å². The maximum atomic E-state index is 6.36. The molecule has 4 nitrogen and oxygen atoms in total. The van der Waals surface area contributed by atoms with E-state index < -0.39 is 0 Å². The van der Waals surface area contributed by atoms with E-state index in [9.17, 15) is 0 Å². The molecule has 4 heteroatoms. The van der Waals surface area contributed by atoms with Gasteiger partial charge in [0.1, 0.15) is 0 Å². The summed E-state index contributed by atoms with van der Waals surface area (Å²) in [7, 11) is 2.18. The molecule has 0 radical (unpaired) electrons. The van der Waals surface area contributed by atoms with E-state index >= 15 is 0 Å². The summed E-state index contributed by atoms with van der Waals surface area (Å²) in [5.41, 5.74) is -0.223. The number of hydrogen-bond donors (Lipinski definition) is 1. The van der Waals surface area contributed by atoms with Crippen LogP contribution in [0.2, 0.25) is 0 Å². The van der Waals surface area contributed by atoms with E-state index in [0.717, 1.165) is 39.3 Å².